The molecule has 0 atom stereocenters. The Morgan fingerprint density at radius 3 is 2.82 bits per heavy atom. The molecule has 5 heteroatoms. The molecule has 0 unspecified atom stereocenters. The molecular weight excluding hydrogens is 236 g/mol. The number of halogens is 1. The predicted octanol–water partition coefficient (Wildman–Crippen LogP) is 2.66. The lowest BCUT2D eigenvalue weighted by Crippen LogP contribution is -2.02. The van der Waals surface area contributed by atoms with Crippen LogP contribution in [-0.4, -0.2) is 15.0 Å². The number of rotatable bonds is 2. The fourth-order valence-corrected chi connectivity index (χ4v) is 1.80. The standard InChI is InChI=1S/C12H11ClN4/c1-3-12-11(7-14)15-16-17(12)9-5-4-8(2)10(13)6-9/h4-6H,3H2,1-2H3. The van der Waals surface area contributed by atoms with Crippen LogP contribution >= 0.6 is 11.6 Å². The number of hydrogen-bond acceptors (Lipinski definition) is 3. The third-order valence-electron chi connectivity index (χ3n) is 2.60. The van der Waals surface area contributed by atoms with Gasteiger partial charge in [-0.25, -0.2) is 4.68 Å². The summed E-state index contributed by atoms with van der Waals surface area (Å²) in [6.07, 6.45) is 0.696. The third kappa shape index (κ3) is 2.02. The Morgan fingerprint density at radius 1 is 1.47 bits per heavy atom. The van der Waals surface area contributed by atoms with E-state index in [1.54, 1.807) is 4.68 Å². The molecule has 17 heavy (non-hydrogen) atoms. The number of hydrogen-bond donors (Lipinski definition) is 0. The molecule has 0 amide bonds. The number of aromatic nitrogens is 3. The van der Waals surface area contributed by atoms with Crippen LogP contribution in [-0.2, 0) is 6.42 Å². The third-order valence-corrected chi connectivity index (χ3v) is 3.01. The van der Waals surface area contributed by atoms with Gasteiger partial charge in [0, 0.05) is 5.02 Å². The highest BCUT2D eigenvalue weighted by Crippen LogP contribution is 2.20. The Balaban J connectivity index is 2.57. The molecule has 86 valence electrons. The zero-order chi connectivity index (χ0) is 12.4. The molecule has 0 aliphatic heterocycles. The molecular formula is C12H11ClN4. The minimum Gasteiger partial charge on any atom is -0.216 e. The van der Waals surface area contributed by atoms with Crippen molar-refractivity contribution in [2.45, 2.75) is 20.3 Å². The van der Waals surface area contributed by atoms with Crippen molar-refractivity contribution >= 4 is 11.6 Å². The van der Waals surface area contributed by atoms with Gasteiger partial charge < -0.3 is 0 Å². The Morgan fingerprint density at radius 2 is 2.24 bits per heavy atom. The molecule has 0 radical (unpaired) electrons. The largest absolute Gasteiger partial charge is 0.216 e. The highest BCUT2D eigenvalue weighted by Gasteiger charge is 2.12. The molecule has 4 nitrogen and oxygen atoms in total. The van der Waals surface area contributed by atoms with Crippen molar-refractivity contribution in [1.29, 1.82) is 5.26 Å². The van der Waals surface area contributed by atoms with Crippen molar-refractivity contribution in [1.82, 2.24) is 15.0 Å². The summed E-state index contributed by atoms with van der Waals surface area (Å²) in [6, 6.07) is 7.69. The van der Waals surface area contributed by atoms with Gasteiger partial charge in [-0.15, -0.1) is 5.10 Å². The van der Waals surface area contributed by atoms with Crippen LogP contribution < -0.4 is 0 Å². The van der Waals surface area contributed by atoms with Crippen molar-refractivity contribution in [2.24, 2.45) is 0 Å². The quantitative estimate of drug-likeness (QED) is 0.819. The number of benzene rings is 1. The number of nitrogens with zero attached hydrogens (tertiary/aromatic N) is 4. The molecule has 1 heterocycles. The van der Waals surface area contributed by atoms with E-state index < -0.39 is 0 Å². The second-order valence-corrected chi connectivity index (χ2v) is 4.10. The van der Waals surface area contributed by atoms with E-state index >= 15 is 0 Å². The van der Waals surface area contributed by atoms with Crippen molar-refractivity contribution in [2.75, 3.05) is 0 Å². The zero-order valence-electron chi connectivity index (χ0n) is 9.61. The molecule has 0 saturated carbocycles. The minimum atomic E-state index is 0.365. The second-order valence-electron chi connectivity index (χ2n) is 3.70. The van der Waals surface area contributed by atoms with E-state index in [0.717, 1.165) is 16.9 Å². The highest BCUT2D eigenvalue weighted by atomic mass is 35.5. The molecule has 0 bridgehead atoms. The molecule has 1 aromatic carbocycles. The first-order valence-electron chi connectivity index (χ1n) is 5.28. The smallest absolute Gasteiger partial charge is 0.186 e. The zero-order valence-corrected chi connectivity index (χ0v) is 10.4. The molecule has 0 fully saturated rings. The fraction of sp³-hybridized carbons (Fsp3) is 0.250. The lowest BCUT2D eigenvalue weighted by molar-refractivity contribution is 0.767. The summed E-state index contributed by atoms with van der Waals surface area (Å²) in [5.41, 5.74) is 3.00. The van der Waals surface area contributed by atoms with Crippen molar-refractivity contribution in [3.63, 3.8) is 0 Å². The van der Waals surface area contributed by atoms with Gasteiger partial charge in [0.15, 0.2) is 5.69 Å². The van der Waals surface area contributed by atoms with Crippen LogP contribution in [0, 0.1) is 18.3 Å². The van der Waals surface area contributed by atoms with Gasteiger partial charge in [0.25, 0.3) is 0 Å². The molecule has 0 aliphatic rings. The summed E-state index contributed by atoms with van der Waals surface area (Å²) in [5.74, 6) is 0. The Kier molecular flexibility index (Phi) is 3.12. The molecule has 1 aromatic heterocycles. The molecule has 0 saturated heterocycles. The van der Waals surface area contributed by atoms with Gasteiger partial charge in [-0.1, -0.05) is 29.8 Å². The molecule has 0 spiro atoms. The van der Waals surface area contributed by atoms with Crippen LogP contribution in [0.3, 0.4) is 0 Å². The Labute approximate surface area is 104 Å². The summed E-state index contributed by atoms with van der Waals surface area (Å²) in [6.45, 7) is 3.90. The first-order valence-corrected chi connectivity index (χ1v) is 5.66. The second kappa shape index (κ2) is 4.56. The van der Waals surface area contributed by atoms with Gasteiger partial charge >= 0.3 is 0 Å². The summed E-state index contributed by atoms with van der Waals surface area (Å²) >= 11 is 6.07. The van der Waals surface area contributed by atoms with Crippen LogP contribution in [0.15, 0.2) is 18.2 Å². The van der Waals surface area contributed by atoms with Crippen LogP contribution in [0.4, 0.5) is 0 Å². The van der Waals surface area contributed by atoms with Crippen molar-refractivity contribution in [3.8, 4) is 11.8 Å². The molecule has 0 N–H and O–H groups in total. The van der Waals surface area contributed by atoms with Crippen LogP contribution in [0.1, 0.15) is 23.9 Å². The Bertz CT molecular complexity index is 595. The van der Waals surface area contributed by atoms with Gasteiger partial charge in [-0.05, 0) is 31.0 Å². The maximum atomic E-state index is 8.92. The summed E-state index contributed by atoms with van der Waals surface area (Å²) < 4.78 is 1.66. The van der Waals surface area contributed by atoms with Gasteiger partial charge in [-0.2, -0.15) is 5.26 Å². The fourth-order valence-electron chi connectivity index (χ4n) is 1.63. The van der Waals surface area contributed by atoms with Gasteiger partial charge in [0.2, 0.25) is 0 Å². The van der Waals surface area contributed by atoms with Crippen molar-refractivity contribution < 1.29 is 0 Å². The van der Waals surface area contributed by atoms with E-state index in [1.165, 1.54) is 0 Å². The minimum absolute atomic E-state index is 0.365. The number of aryl methyl sites for hydroxylation is 1. The monoisotopic (exact) mass is 246 g/mol. The predicted molar refractivity (Wildman–Crippen MR) is 65.2 cm³/mol. The SMILES string of the molecule is CCc1c(C#N)nnn1-c1ccc(C)c(Cl)c1. The molecule has 0 aliphatic carbocycles. The van der Waals surface area contributed by atoms with Gasteiger partial charge in [0.05, 0.1) is 11.4 Å². The van der Waals surface area contributed by atoms with E-state index in [4.69, 9.17) is 16.9 Å². The van der Waals surface area contributed by atoms with E-state index in [9.17, 15) is 0 Å². The van der Waals surface area contributed by atoms with Crippen LogP contribution in [0.5, 0.6) is 0 Å². The maximum absolute atomic E-state index is 8.92. The van der Waals surface area contributed by atoms with Crippen molar-refractivity contribution in [3.05, 3.63) is 40.2 Å². The Hall–Kier alpha value is -1.86. The van der Waals surface area contributed by atoms with E-state index in [2.05, 4.69) is 10.3 Å². The summed E-state index contributed by atoms with van der Waals surface area (Å²) in [5, 5.41) is 17.4. The van der Waals surface area contributed by atoms with E-state index in [1.807, 2.05) is 38.1 Å². The lowest BCUT2D eigenvalue weighted by atomic mass is 10.2. The molecule has 2 rings (SSSR count). The lowest BCUT2D eigenvalue weighted by Gasteiger charge is -2.06. The molecule has 2 aromatic rings. The average Bonchev–Trinajstić information content (AvgIpc) is 2.75. The normalized spacial score (nSPS) is 10.2. The van der Waals surface area contributed by atoms with Crippen LogP contribution in [0.2, 0.25) is 5.02 Å². The summed E-state index contributed by atoms with van der Waals surface area (Å²) in [4.78, 5) is 0. The summed E-state index contributed by atoms with van der Waals surface area (Å²) in [7, 11) is 0. The first kappa shape index (κ1) is 11.6. The number of nitriles is 1. The van der Waals surface area contributed by atoms with Gasteiger partial charge in [0.1, 0.15) is 6.07 Å². The first-order chi connectivity index (χ1) is 8.17. The van der Waals surface area contributed by atoms with Gasteiger partial charge in [-0.3, -0.25) is 0 Å². The van der Waals surface area contributed by atoms with E-state index in [-0.39, 0.29) is 0 Å². The van der Waals surface area contributed by atoms with Crippen LogP contribution in [0.25, 0.3) is 5.69 Å². The van der Waals surface area contributed by atoms with E-state index in [0.29, 0.717) is 17.1 Å². The average molecular weight is 247 g/mol. The topological polar surface area (TPSA) is 54.5 Å². The maximum Gasteiger partial charge on any atom is 0.186 e. The highest BCUT2D eigenvalue weighted by molar-refractivity contribution is 6.31.